The molecule has 0 saturated heterocycles. The summed E-state index contributed by atoms with van der Waals surface area (Å²) in [4.78, 5) is 30.6. The SMILES string of the molecule is CCN(CC)C(=O)c1cccc(NC(=O)/C=C/c2nc3ccccc3o2)c1. The Bertz CT molecular complexity index is 954. The Labute approximate surface area is 157 Å². The number of carbonyl (C=O) groups excluding carboxylic acids is 2. The summed E-state index contributed by atoms with van der Waals surface area (Å²) >= 11 is 0. The molecule has 2 aromatic carbocycles. The molecule has 1 aromatic heterocycles. The molecular formula is C21H21N3O3. The van der Waals surface area contributed by atoms with Crippen LogP contribution in [-0.4, -0.2) is 34.8 Å². The van der Waals surface area contributed by atoms with E-state index in [1.807, 2.05) is 38.1 Å². The fourth-order valence-electron chi connectivity index (χ4n) is 2.72. The highest BCUT2D eigenvalue weighted by Crippen LogP contribution is 2.16. The number of hydrogen-bond acceptors (Lipinski definition) is 4. The van der Waals surface area contributed by atoms with E-state index in [1.165, 1.54) is 12.2 Å². The van der Waals surface area contributed by atoms with Crippen LogP contribution in [0.3, 0.4) is 0 Å². The first-order valence-electron chi connectivity index (χ1n) is 8.84. The van der Waals surface area contributed by atoms with Crippen molar-refractivity contribution >= 4 is 34.7 Å². The van der Waals surface area contributed by atoms with Crippen molar-refractivity contribution in [2.75, 3.05) is 18.4 Å². The topological polar surface area (TPSA) is 75.4 Å². The van der Waals surface area contributed by atoms with Crippen LogP contribution in [0.15, 0.2) is 59.0 Å². The van der Waals surface area contributed by atoms with E-state index in [-0.39, 0.29) is 11.8 Å². The van der Waals surface area contributed by atoms with Gasteiger partial charge in [0, 0.05) is 36.5 Å². The van der Waals surface area contributed by atoms with E-state index in [0.29, 0.717) is 35.8 Å². The van der Waals surface area contributed by atoms with Gasteiger partial charge < -0.3 is 14.6 Å². The van der Waals surface area contributed by atoms with Crippen molar-refractivity contribution in [2.24, 2.45) is 0 Å². The van der Waals surface area contributed by atoms with Gasteiger partial charge >= 0.3 is 0 Å². The number of nitrogens with one attached hydrogen (secondary N) is 1. The lowest BCUT2D eigenvalue weighted by Gasteiger charge is -2.18. The van der Waals surface area contributed by atoms with Gasteiger partial charge in [-0.2, -0.15) is 0 Å². The van der Waals surface area contributed by atoms with Crippen molar-refractivity contribution in [3.05, 3.63) is 66.1 Å². The largest absolute Gasteiger partial charge is 0.437 e. The zero-order valence-corrected chi connectivity index (χ0v) is 15.3. The van der Waals surface area contributed by atoms with E-state index in [1.54, 1.807) is 29.2 Å². The minimum Gasteiger partial charge on any atom is -0.437 e. The van der Waals surface area contributed by atoms with Crippen LogP contribution in [0.2, 0.25) is 0 Å². The Morgan fingerprint density at radius 2 is 1.89 bits per heavy atom. The molecule has 0 fully saturated rings. The fraction of sp³-hybridized carbons (Fsp3) is 0.190. The zero-order chi connectivity index (χ0) is 19.2. The maximum absolute atomic E-state index is 12.4. The maximum Gasteiger partial charge on any atom is 0.253 e. The first-order chi connectivity index (χ1) is 13.1. The molecule has 0 radical (unpaired) electrons. The molecule has 138 valence electrons. The van der Waals surface area contributed by atoms with Crippen LogP contribution in [0.25, 0.3) is 17.2 Å². The van der Waals surface area contributed by atoms with Crippen LogP contribution >= 0.6 is 0 Å². The lowest BCUT2D eigenvalue weighted by atomic mass is 10.1. The van der Waals surface area contributed by atoms with Gasteiger partial charge in [-0.25, -0.2) is 4.98 Å². The number of fused-ring (bicyclic) bond motifs is 1. The molecule has 3 aromatic rings. The van der Waals surface area contributed by atoms with Gasteiger partial charge in [0.15, 0.2) is 5.58 Å². The quantitative estimate of drug-likeness (QED) is 0.673. The molecule has 3 rings (SSSR count). The molecule has 27 heavy (non-hydrogen) atoms. The highest BCUT2D eigenvalue weighted by atomic mass is 16.3. The molecule has 6 nitrogen and oxygen atoms in total. The average molecular weight is 363 g/mol. The number of amides is 2. The third-order valence-electron chi connectivity index (χ3n) is 4.12. The van der Waals surface area contributed by atoms with Gasteiger partial charge in [0.25, 0.3) is 5.91 Å². The van der Waals surface area contributed by atoms with E-state index >= 15 is 0 Å². The molecule has 0 aliphatic carbocycles. The van der Waals surface area contributed by atoms with Crippen LogP contribution in [0, 0.1) is 0 Å². The average Bonchev–Trinajstić information content (AvgIpc) is 3.10. The van der Waals surface area contributed by atoms with E-state index in [0.717, 1.165) is 5.52 Å². The summed E-state index contributed by atoms with van der Waals surface area (Å²) < 4.78 is 5.54. The number of anilines is 1. The van der Waals surface area contributed by atoms with Crippen molar-refractivity contribution in [3.63, 3.8) is 0 Å². The second kappa shape index (κ2) is 8.31. The molecule has 0 bridgehead atoms. The van der Waals surface area contributed by atoms with Crippen LogP contribution in [0.4, 0.5) is 5.69 Å². The summed E-state index contributed by atoms with van der Waals surface area (Å²) in [7, 11) is 0. The van der Waals surface area contributed by atoms with E-state index in [4.69, 9.17) is 4.42 Å². The monoisotopic (exact) mass is 363 g/mol. The first kappa shape index (κ1) is 18.4. The van der Waals surface area contributed by atoms with Gasteiger partial charge in [0.05, 0.1) is 0 Å². The smallest absolute Gasteiger partial charge is 0.253 e. The fourth-order valence-corrected chi connectivity index (χ4v) is 2.72. The Morgan fingerprint density at radius 3 is 2.63 bits per heavy atom. The molecule has 1 N–H and O–H groups in total. The zero-order valence-electron chi connectivity index (χ0n) is 15.3. The van der Waals surface area contributed by atoms with Gasteiger partial charge in [0.2, 0.25) is 11.8 Å². The number of nitrogens with zero attached hydrogens (tertiary/aromatic N) is 2. The number of para-hydroxylation sites is 2. The molecular weight excluding hydrogens is 342 g/mol. The molecule has 0 spiro atoms. The third kappa shape index (κ3) is 4.41. The summed E-state index contributed by atoms with van der Waals surface area (Å²) in [5.74, 6) is -0.0281. The predicted molar refractivity (Wildman–Crippen MR) is 105 cm³/mol. The first-order valence-corrected chi connectivity index (χ1v) is 8.84. The van der Waals surface area contributed by atoms with Crippen molar-refractivity contribution in [1.82, 2.24) is 9.88 Å². The highest BCUT2D eigenvalue weighted by molar-refractivity contribution is 6.03. The number of benzene rings is 2. The summed E-state index contributed by atoms with van der Waals surface area (Å²) in [5, 5.41) is 2.75. The standard InChI is InChI=1S/C21H21N3O3/c1-3-24(4-2)21(26)15-8-7-9-16(14-15)22-19(25)12-13-20-23-17-10-5-6-11-18(17)27-20/h5-14H,3-4H2,1-2H3,(H,22,25)/b13-12+. The van der Waals surface area contributed by atoms with Gasteiger partial charge in [0.1, 0.15) is 5.52 Å². The Balaban J connectivity index is 1.68. The lowest BCUT2D eigenvalue weighted by molar-refractivity contribution is -0.111. The van der Waals surface area contributed by atoms with Crippen LogP contribution < -0.4 is 5.32 Å². The Hall–Kier alpha value is -3.41. The molecule has 6 heteroatoms. The van der Waals surface area contributed by atoms with Gasteiger partial charge in [-0.05, 0) is 44.2 Å². The molecule has 0 saturated carbocycles. The molecule has 2 amide bonds. The summed E-state index contributed by atoms with van der Waals surface area (Å²) in [6.45, 7) is 5.14. The van der Waals surface area contributed by atoms with E-state index in [2.05, 4.69) is 10.3 Å². The second-order valence-electron chi connectivity index (χ2n) is 5.90. The van der Waals surface area contributed by atoms with Crippen LogP contribution in [0.5, 0.6) is 0 Å². The maximum atomic E-state index is 12.4. The highest BCUT2D eigenvalue weighted by Gasteiger charge is 2.13. The molecule has 0 unspecified atom stereocenters. The van der Waals surface area contributed by atoms with Gasteiger partial charge in [-0.15, -0.1) is 0 Å². The minimum atomic E-state index is -0.329. The van der Waals surface area contributed by atoms with Gasteiger partial charge in [-0.1, -0.05) is 18.2 Å². The molecule has 0 aliphatic rings. The number of aromatic nitrogens is 1. The minimum absolute atomic E-state index is 0.0573. The van der Waals surface area contributed by atoms with E-state index < -0.39 is 0 Å². The summed E-state index contributed by atoms with van der Waals surface area (Å²) in [6, 6.07) is 14.3. The predicted octanol–water partition coefficient (Wildman–Crippen LogP) is 3.96. The molecule has 0 atom stereocenters. The van der Waals surface area contributed by atoms with E-state index in [9.17, 15) is 9.59 Å². The molecule has 0 aliphatic heterocycles. The second-order valence-corrected chi connectivity index (χ2v) is 5.90. The normalized spacial score (nSPS) is 11.0. The summed E-state index contributed by atoms with van der Waals surface area (Å²) in [5.41, 5.74) is 2.50. The van der Waals surface area contributed by atoms with Gasteiger partial charge in [-0.3, -0.25) is 9.59 Å². The number of hydrogen-bond donors (Lipinski definition) is 1. The van der Waals surface area contributed by atoms with Crippen LogP contribution in [0.1, 0.15) is 30.1 Å². The lowest BCUT2D eigenvalue weighted by Crippen LogP contribution is -2.30. The number of oxazole rings is 1. The number of carbonyl (C=O) groups is 2. The Morgan fingerprint density at radius 1 is 1.11 bits per heavy atom. The number of rotatable bonds is 6. The third-order valence-corrected chi connectivity index (χ3v) is 4.12. The van der Waals surface area contributed by atoms with Crippen LogP contribution in [-0.2, 0) is 4.79 Å². The molecule has 1 heterocycles. The Kier molecular flexibility index (Phi) is 5.66. The van der Waals surface area contributed by atoms with Crippen molar-refractivity contribution in [2.45, 2.75) is 13.8 Å². The van der Waals surface area contributed by atoms with Crippen molar-refractivity contribution in [3.8, 4) is 0 Å². The van der Waals surface area contributed by atoms with Crippen molar-refractivity contribution < 1.29 is 14.0 Å². The summed E-state index contributed by atoms with van der Waals surface area (Å²) in [6.07, 6.45) is 2.86. The van der Waals surface area contributed by atoms with Crippen molar-refractivity contribution in [1.29, 1.82) is 0 Å².